The maximum Gasteiger partial charge on any atom is 0.0390 e. The molecule has 124 valence electrons. The lowest BCUT2D eigenvalue weighted by Crippen LogP contribution is -1.90. The molecule has 0 aliphatic heterocycles. The summed E-state index contributed by atoms with van der Waals surface area (Å²) in [5, 5.41) is 6.19. The molecule has 5 aromatic rings. The summed E-state index contributed by atoms with van der Waals surface area (Å²) in [5.74, 6) is 0. The zero-order valence-electron chi connectivity index (χ0n) is 14.1. The maximum atomic E-state index is 3.50. The molecule has 1 N–H and O–H groups in total. The minimum absolute atomic E-state index is 1.10. The number of fused-ring (bicyclic) bond motifs is 3. The van der Waals surface area contributed by atoms with Crippen LogP contribution in [-0.2, 0) is 0 Å². The van der Waals surface area contributed by atoms with Crippen molar-refractivity contribution in [3.05, 3.63) is 97.1 Å². The van der Waals surface area contributed by atoms with E-state index in [2.05, 4.69) is 84.2 Å². The first-order valence-electron chi connectivity index (χ1n) is 8.71. The van der Waals surface area contributed by atoms with E-state index in [0.29, 0.717) is 0 Å². The first kappa shape index (κ1) is 15.2. The molecule has 0 saturated carbocycles. The Morgan fingerprint density at radius 3 is 2.23 bits per heavy atom. The van der Waals surface area contributed by atoms with Gasteiger partial charge < -0.3 is 5.32 Å². The number of hydrogen-bond donors (Lipinski definition) is 1. The van der Waals surface area contributed by atoms with Crippen molar-refractivity contribution in [3.8, 4) is 11.1 Å². The van der Waals surface area contributed by atoms with Crippen LogP contribution in [0.5, 0.6) is 0 Å². The molecule has 1 heterocycles. The van der Waals surface area contributed by atoms with E-state index in [9.17, 15) is 0 Å². The van der Waals surface area contributed by atoms with Gasteiger partial charge >= 0.3 is 0 Å². The summed E-state index contributed by atoms with van der Waals surface area (Å²) >= 11 is 1.86. The predicted octanol–water partition coefficient (Wildman–Crippen LogP) is 7.47. The first-order valence-corrected chi connectivity index (χ1v) is 9.53. The van der Waals surface area contributed by atoms with Crippen LogP contribution < -0.4 is 5.32 Å². The normalized spacial score (nSPS) is 11.1. The van der Waals surface area contributed by atoms with E-state index in [1.807, 2.05) is 29.5 Å². The molecule has 0 unspecified atom stereocenters. The van der Waals surface area contributed by atoms with Gasteiger partial charge in [-0.2, -0.15) is 0 Å². The van der Waals surface area contributed by atoms with Crippen molar-refractivity contribution in [3.63, 3.8) is 0 Å². The Labute approximate surface area is 156 Å². The molecule has 0 saturated heterocycles. The number of para-hydroxylation sites is 1. The highest BCUT2D eigenvalue weighted by molar-refractivity contribution is 7.25. The summed E-state index contributed by atoms with van der Waals surface area (Å²) < 4.78 is 2.68. The van der Waals surface area contributed by atoms with Gasteiger partial charge in [0.05, 0.1) is 0 Å². The molecule has 1 nitrogen and oxygen atoms in total. The third kappa shape index (κ3) is 2.65. The van der Waals surface area contributed by atoms with Crippen molar-refractivity contribution in [1.82, 2.24) is 0 Å². The minimum Gasteiger partial charge on any atom is -0.356 e. The monoisotopic (exact) mass is 351 g/mol. The Balaban J connectivity index is 1.65. The number of anilines is 2. The van der Waals surface area contributed by atoms with Crippen molar-refractivity contribution in [2.24, 2.45) is 0 Å². The summed E-state index contributed by atoms with van der Waals surface area (Å²) in [6.07, 6.45) is 0. The number of nitrogens with one attached hydrogen (secondary N) is 1. The Hall–Kier alpha value is -3.10. The van der Waals surface area contributed by atoms with Gasteiger partial charge in [-0.15, -0.1) is 11.3 Å². The average Bonchev–Trinajstić information content (AvgIpc) is 3.08. The molecule has 0 aliphatic rings. The van der Waals surface area contributed by atoms with Gasteiger partial charge in [0.2, 0.25) is 0 Å². The van der Waals surface area contributed by atoms with Crippen LogP contribution in [-0.4, -0.2) is 0 Å². The number of rotatable bonds is 3. The van der Waals surface area contributed by atoms with Gasteiger partial charge in [-0.25, -0.2) is 0 Å². The van der Waals surface area contributed by atoms with Crippen molar-refractivity contribution in [1.29, 1.82) is 0 Å². The number of thiophene rings is 1. The predicted molar refractivity (Wildman–Crippen MR) is 114 cm³/mol. The lowest BCUT2D eigenvalue weighted by Gasteiger charge is -2.10. The van der Waals surface area contributed by atoms with Crippen LogP contribution in [0.3, 0.4) is 0 Å². The molecule has 26 heavy (non-hydrogen) atoms. The molecule has 0 spiro atoms. The van der Waals surface area contributed by atoms with Crippen molar-refractivity contribution >= 4 is 42.9 Å². The SMILES string of the molecule is c1ccc(Nc2cccc(-c3cccc4sc5ccccc5c34)c2)cc1. The van der Waals surface area contributed by atoms with Crippen LogP contribution in [0, 0.1) is 0 Å². The highest BCUT2D eigenvalue weighted by Crippen LogP contribution is 2.40. The Kier molecular flexibility index (Phi) is 3.69. The first-order chi connectivity index (χ1) is 12.9. The molecule has 5 rings (SSSR count). The highest BCUT2D eigenvalue weighted by Gasteiger charge is 2.10. The fraction of sp³-hybridized carbons (Fsp3) is 0. The van der Waals surface area contributed by atoms with Gasteiger partial charge in [0, 0.05) is 31.5 Å². The standard InChI is InChI=1S/C24H17NS/c1-2-9-18(10-3-1)25-19-11-6-8-17(16-19)20-13-7-15-23-24(20)21-12-4-5-14-22(21)26-23/h1-16,25H. The van der Waals surface area contributed by atoms with Gasteiger partial charge in [-0.1, -0.05) is 60.7 Å². The molecule has 0 atom stereocenters. The second-order valence-electron chi connectivity index (χ2n) is 6.35. The van der Waals surface area contributed by atoms with E-state index in [0.717, 1.165) is 11.4 Å². The van der Waals surface area contributed by atoms with Crippen molar-refractivity contribution in [2.45, 2.75) is 0 Å². The third-order valence-electron chi connectivity index (χ3n) is 4.64. The summed E-state index contributed by atoms with van der Waals surface area (Å²) in [7, 11) is 0. The summed E-state index contributed by atoms with van der Waals surface area (Å²) in [6, 6.07) is 34.2. The average molecular weight is 351 g/mol. The van der Waals surface area contributed by atoms with Crippen LogP contribution in [0.4, 0.5) is 11.4 Å². The maximum absolute atomic E-state index is 3.50. The third-order valence-corrected chi connectivity index (χ3v) is 5.77. The molecule has 4 aromatic carbocycles. The van der Waals surface area contributed by atoms with Crippen molar-refractivity contribution in [2.75, 3.05) is 5.32 Å². The van der Waals surface area contributed by atoms with Gasteiger partial charge in [0.1, 0.15) is 0 Å². The molecule has 1 aromatic heterocycles. The van der Waals surface area contributed by atoms with Crippen LogP contribution in [0.25, 0.3) is 31.3 Å². The zero-order chi connectivity index (χ0) is 17.3. The number of benzene rings is 4. The van der Waals surface area contributed by atoms with E-state index >= 15 is 0 Å². The fourth-order valence-electron chi connectivity index (χ4n) is 3.47. The van der Waals surface area contributed by atoms with E-state index in [-0.39, 0.29) is 0 Å². The van der Waals surface area contributed by atoms with E-state index in [1.54, 1.807) is 0 Å². The Morgan fingerprint density at radius 1 is 0.577 bits per heavy atom. The van der Waals surface area contributed by atoms with Crippen LogP contribution >= 0.6 is 11.3 Å². The molecule has 0 fully saturated rings. The van der Waals surface area contributed by atoms with Gasteiger partial charge in [-0.05, 0) is 47.5 Å². The summed E-state index contributed by atoms with van der Waals surface area (Å²) in [4.78, 5) is 0. The molecule has 0 radical (unpaired) electrons. The van der Waals surface area contributed by atoms with Gasteiger partial charge in [0.15, 0.2) is 0 Å². The van der Waals surface area contributed by atoms with E-state index in [4.69, 9.17) is 0 Å². The van der Waals surface area contributed by atoms with E-state index < -0.39 is 0 Å². The van der Waals surface area contributed by atoms with Gasteiger partial charge in [-0.3, -0.25) is 0 Å². The molecule has 2 heteroatoms. The summed E-state index contributed by atoms with van der Waals surface area (Å²) in [6.45, 7) is 0. The van der Waals surface area contributed by atoms with E-state index in [1.165, 1.54) is 31.3 Å². The topological polar surface area (TPSA) is 12.0 Å². The molecule has 0 amide bonds. The van der Waals surface area contributed by atoms with Crippen LogP contribution in [0.1, 0.15) is 0 Å². The quantitative estimate of drug-likeness (QED) is 0.355. The fourth-order valence-corrected chi connectivity index (χ4v) is 4.60. The van der Waals surface area contributed by atoms with Gasteiger partial charge in [0.25, 0.3) is 0 Å². The largest absolute Gasteiger partial charge is 0.356 e. The Morgan fingerprint density at radius 2 is 1.31 bits per heavy atom. The number of hydrogen-bond acceptors (Lipinski definition) is 2. The molecule has 0 bridgehead atoms. The van der Waals surface area contributed by atoms with Crippen LogP contribution in [0.15, 0.2) is 97.1 Å². The van der Waals surface area contributed by atoms with Crippen LogP contribution in [0.2, 0.25) is 0 Å². The molecule has 0 aliphatic carbocycles. The second-order valence-corrected chi connectivity index (χ2v) is 7.43. The minimum atomic E-state index is 1.10. The second kappa shape index (κ2) is 6.32. The lowest BCUT2D eigenvalue weighted by molar-refractivity contribution is 1.55. The van der Waals surface area contributed by atoms with Crippen molar-refractivity contribution < 1.29 is 0 Å². The molecular formula is C24H17NS. The zero-order valence-corrected chi connectivity index (χ0v) is 15.0. The lowest BCUT2D eigenvalue weighted by atomic mass is 9.99. The summed E-state index contributed by atoms with van der Waals surface area (Å²) in [5.41, 5.74) is 4.73. The Bertz CT molecular complexity index is 1200. The highest BCUT2D eigenvalue weighted by atomic mass is 32.1. The molecular weight excluding hydrogens is 334 g/mol. The smallest absolute Gasteiger partial charge is 0.0390 e.